The maximum absolute atomic E-state index is 14.2. The number of alkyl halides is 1. The Morgan fingerprint density at radius 2 is 2.06 bits per heavy atom. The van der Waals surface area contributed by atoms with Crippen LogP contribution in [0.4, 0.5) is 4.39 Å². The maximum atomic E-state index is 14.2. The monoisotopic (exact) mass is 525 g/mol. The molecule has 1 aliphatic heterocycles. The van der Waals surface area contributed by atoms with E-state index in [-0.39, 0.29) is 18.4 Å². The van der Waals surface area contributed by atoms with Gasteiger partial charge in [-0.25, -0.2) is 9.37 Å². The van der Waals surface area contributed by atoms with Gasteiger partial charge in [0.05, 0.1) is 24.2 Å². The van der Waals surface area contributed by atoms with Crippen LogP contribution in [0.1, 0.15) is 42.1 Å². The minimum atomic E-state index is -0.977. The first kappa shape index (κ1) is 23.7. The number of pyridine rings is 1. The van der Waals surface area contributed by atoms with Crippen LogP contribution >= 0.6 is 22.9 Å². The number of halogens is 2. The van der Waals surface area contributed by atoms with Crippen LogP contribution in [0.3, 0.4) is 0 Å². The number of nitrogens with zero attached hydrogens (tertiary/aromatic N) is 3. The Labute approximate surface area is 218 Å². The largest absolute Gasteiger partial charge is 0.496 e. The van der Waals surface area contributed by atoms with E-state index in [1.54, 1.807) is 23.3 Å². The normalized spacial score (nSPS) is 20.4. The quantitative estimate of drug-likeness (QED) is 0.261. The van der Waals surface area contributed by atoms with Gasteiger partial charge in [0.1, 0.15) is 22.7 Å². The molecule has 2 aliphatic rings. The number of piperidine rings is 1. The number of thiophene rings is 1. The van der Waals surface area contributed by atoms with E-state index >= 15 is 0 Å². The molecule has 2 fully saturated rings. The van der Waals surface area contributed by atoms with Gasteiger partial charge in [-0.3, -0.25) is 4.79 Å². The summed E-state index contributed by atoms with van der Waals surface area (Å²) in [6.45, 7) is 5.74. The van der Waals surface area contributed by atoms with Crippen LogP contribution in [0.25, 0.3) is 31.7 Å². The number of ether oxygens (including phenoxy) is 1. The summed E-state index contributed by atoms with van der Waals surface area (Å²) < 4.78 is 23.3. The summed E-state index contributed by atoms with van der Waals surface area (Å²) in [5.41, 5.74) is 3.68. The number of fused-ring (bicyclic) bond motifs is 2. The summed E-state index contributed by atoms with van der Waals surface area (Å²) >= 11 is 7.93. The Morgan fingerprint density at radius 1 is 1.25 bits per heavy atom. The number of carbonyl (C=O) groups is 1. The minimum Gasteiger partial charge on any atom is -0.496 e. The van der Waals surface area contributed by atoms with Gasteiger partial charge in [0.2, 0.25) is 0 Å². The summed E-state index contributed by atoms with van der Waals surface area (Å²) in [5, 5.41) is 2.57. The molecule has 5 nitrogen and oxygen atoms in total. The highest BCUT2D eigenvalue weighted by Gasteiger charge is 2.30. The van der Waals surface area contributed by atoms with Crippen molar-refractivity contribution in [1.82, 2.24) is 14.5 Å². The van der Waals surface area contributed by atoms with Crippen molar-refractivity contribution in [3.05, 3.63) is 46.6 Å². The molecule has 188 valence electrons. The van der Waals surface area contributed by atoms with Crippen molar-refractivity contribution in [2.45, 2.75) is 45.8 Å². The van der Waals surface area contributed by atoms with E-state index in [0.717, 1.165) is 43.8 Å². The van der Waals surface area contributed by atoms with Gasteiger partial charge < -0.3 is 14.2 Å². The maximum Gasteiger partial charge on any atom is 0.254 e. The molecule has 1 aromatic carbocycles. The summed E-state index contributed by atoms with van der Waals surface area (Å²) in [7, 11) is 1.64. The topological polar surface area (TPSA) is 47.4 Å². The lowest BCUT2D eigenvalue weighted by Crippen LogP contribution is -2.44. The molecule has 3 aromatic heterocycles. The summed E-state index contributed by atoms with van der Waals surface area (Å²) in [4.78, 5) is 20.8. The predicted molar refractivity (Wildman–Crippen MR) is 144 cm³/mol. The fraction of sp³-hybridized carbons (Fsp3) is 0.429. The first-order valence-electron chi connectivity index (χ1n) is 12.5. The highest BCUT2D eigenvalue weighted by molar-refractivity contribution is 7.22. The molecule has 1 saturated heterocycles. The van der Waals surface area contributed by atoms with Gasteiger partial charge in [0, 0.05) is 34.1 Å². The Balaban J connectivity index is 1.47. The number of aryl methyl sites for hydroxylation is 1. The van der Waals surface area contributed by atoms with E-state index in [2.05, 4.69) is 22.5 Å². The molecule has 1 saturated carbocycles. The van der Waals surface area contributed by atoms with Crippen LogP contribution in [0, 0.1) is 18.8 Å². The van der Waals surface area contributed by atoms with E-state index in [9.17, 15) is 9.18 Å². The number of amides is 1. The molecule has 36 heavy (non-hydrogen) atoms. The van der Waals surface area contributed by atoms with Crippen molar-refractivity contribution in [3.63, 3.8) is 0 Å². The third-order valence-electron chi connectivity index (χ3n) is 7.44. The summed E-state index contributed by atoms with van der Waals surface area (Å²) in [6.07, 6.45) is 2.00. The Bertz CT molecular complexity index is 1480. The number of hydrogen-bond acceptors (Lipinski definition) is 4. The van der Waals surface area contributed by atoms with Gasteiger partial charge in [0.15, 0.2) is 0 Å². The zero-order chi connectivity index (χ0) is 25.1. The van der Waals surface area contributed by atoms with Crippen LogP contribution in [-0.4, -0.2) is 46.7 Å². The number of methoxy groups -OCH3 is 1. The summed E-state index contributed by atoms with van der Waals surface area (Å²) in [5.74, 6) is 1.34. The lowest BCUT2D eigenvalue weighted by atomic mass is 9.98. The van der Waals surface area contributed by atoms with E-state index in [1.165, 1.54) is 12.8 Å². The van der Waals surface area contributed by atoms with E-state index in [1.807, 2.05) is 31.2 Å². The van der Waals surface area contributed by atoms with Gasteiger partial charge in [-0.05, 0) is 73.9 Å². The van der Waals surface area contributed by atoms with Crippen LogP contribution in [0.5, 0.6) is 5.75 Å². The zero-order valence-corrected chi connectivity index (χ0v) is 22.3. The number of aromatic nitrogens is 2. The van der Waals surface area contributed by atoms with Crippen LogP contribution < -0.4 is 4.74 Å². The molecule has 0 N–H and O–H groups in total. The SMILES string of the molecule is COc1cc(C(=O)N2C[C@H](C)C[C@@H](F)C2)cc2sc(-c3cc4ccc(Cl)nc4n3CC3CC3)c(C)c12. The lowest BCUT2D eigenvalue weighted by Gasteiger charge is -2.33. The van der Waals surface area contributed by atoms with Gasteiger partial charge in [0.25, 0.3) is 5.91 Å². The van der Waals surface area contributed by atoms with Gasteiger partial charge in [-0.1, -0.05) is 18.5 Å². The Kier molecular flexibility index (Phi) is 5.96. The van der Waals surface area contributed by atoms with Gasteiger partial charge in [-0.15, -0.1) is 11.3 Å². The second-order valence-corrected chi connectivity index (χ2v) is 11.8. The smallest absolute Gasteiger partial charge is 0.254 e. The molecular weight excluding hydrogens is 497 g/mol. The number of likely N-dealkylation sites (tertiary alicyclic amines) is 1. The minimum absolute atomic E-state index is 0.140. The Morgan fingerprint density at radius 3 is 2.78 bits per heavy atom. The molecule has 0 unspecified atom stereocenters. The highest BCUT2D eigenvalue weighted by atomic mass is 35.5. The molecule has 6 rings (SSSR count). The van der Waals surface area contributed by atoms with E-state index < -0.39 is 6.17 Å². The molecule has 4 aromatic rings. The third-order valence-corrected chi connectivity index (χ3v) is 8.91. The summed E-state index contributed by atoms with van der Waals surface area (Å²) in [6, 6.07) is 9.79. The van der Waals surface area contributed by atoms with Crippen molar-refractivity contribution in [1.29, 1.82) is 0 Å². The van der Waals surface area contributed by atoms with Crippen LogP contribution in [0.2, 0.25) is 5.15 Å². The molecule has 0 spiro atoms. The fourth-order valence-electron chi connectivity index (χ4n) is 5.53. The molecule has 2 atom stereocenters. The van der Waals surface area contributed by atoms with Crippen molar-refractivity contribution in [2.24, 2.45) is 11.8 Å². The fourth-order valence-corrected chi connectivity index (χ4v) is 6.96. The predicted octanol–water partition coefficient (Wildman–Crippen LogP) is 7.12. The second-order valence-electron chi connectivity index (χ2n) is 10.4. The number of benzene rings is 1. The molecule has 0 bridgehead atoms. The molecular formula is C28H29ClFN3O2S. The average molecular weight is 526 g/mol. The zero-order valence-electron chi connectivity index (χ0n) is 20.7. The number of hydrogen-bond donors (Lipinski definition) is 0. The number of carbonyl (C=O) groups excluding carboxylic acids is 1. The van der Waals surface area contributed by atoms with E-state index in [0.29, 0.717) is 35.3 Å². The first-order valence-corrected chi connectivity index (χ1v) is 13.7. The van der Waals surface area contributed by atoms with Crippen molar-refractivity contribution >= 4 is 50.0 Å². The molecule has 1 amide bonds. The van der Waals surface area contributed by atoms with Crippen molar-refractivity contribution in [2.75, 3.05) is 20.2 Å². The standard InChI is InChI=1S/C28H29ClFN3O2S/c1-15-8-20(30)14-32(12-15)28(34)19-10-22(35-3)25-16(2)26(36-23(25)11-19)21-9-18-6-7-24(29)31-27(18)33(21)13-17-4-5-17/h6-7,9-11,15,17,20H,4-5,8,12-14H2,1-3H3/t15-,20-/m1/s1. The van der Waals surface area contributed by atoms with Crippen LogP contribution in [-0.2, 0) is 6.54 Å². The van der Waals surface area contributed by atoms with Crippen LogP contribution in [0.15, 0.2) is 30.3 Å². The highest BCUT2D eigenvalue weighted by Crippen LogP contribution is 2.45. The molecule has 0 radical (unpaired) electrons. The average Bonchev–Trinajstić information content (AvgIpc) is 3.52. The van der Waals surface area contributed by atoms with Gasteiger partial charge >= 0.3 is 0 Å². The molecule has 1 aliphatic carbocycles. The molecule has 4 heterocycles. The van der Waals surface area contributed by atoms with E-state index in [4.69, 9.17) is 16.3 Å². The number of rotatable bonds is 5. The van der Waals surface area contributed by atoms with Crippen molar-refractivity contribution in [3.8, 4) is 16.3 Å². The van der Waals surface area contributed by atoms with Gasteiger partial charge in [-0.2, -0.15) is 0 Å². The first-order chi connectivity index (χ1) is 17.3. The second kappa shape index (κ2) is 9.03. The lowest BCUT2D eigenvalue weighted by molar-refractivity contribution is 0.0555. The third kappa shape index (κ3) is 4.16. The molecule has 8 heteroatoms. The Hall–Kier alpha value is -2.64. The van der Waals surface area contributed by atoms with Crippen molar-refractivity contribution < 1.29 is 13.9 Å².